The van der Waals surface area contributed by atoms with Crippen molar-refractivity contribution in [3.63, 3.8) is 0 Å². The summed E-state index contributed by atoms with van der Waals surface area (Å²) in [6, 6.07) is 4.34. The number of nitrogens with one attached hydrogen (secondary N) is 2. The van der Waals surface area contributed by atoms with Gasteiger partial charge >= 0.3 is 0 Å². The van der Waals surface area contributed by atoms with Gasteiger partial charge in [-0.05, 0) is 82.8 Å². The Morgan fingerprint density at radius 2 is 2.07 bits per heavy atom. The van der Waals surface area contributed by atoms with E-state index in [0.717, 1.165) is 43.8 Å². The van der Waals surface area contributed by atoms with Crippen molar-refractivity contribution in [1.82, 2.24) is 20.4 Å². The van der Waals surface area contributed by atoms with Crippen LogP contribution in [0.3, 0.4) is 0 Å². The summed E-state index contributed by atoms with van der Waals surface area (Å²) in [7, 11) is 1.85. The fourth-order valence-electron chi connectivity index (χ4n) is 4.51. The van der Waals surface area contributed by atoms with Gasteiger partial charge in [0.1, 0.15) is 5.76 Å². The second-order valence-electron chi connectivity index (χ2n) is 8.41. The summed E-state index contributed by atoms with van der Waals surface area (Å²) in [5, 5.41) is 6.99. The summed E-state index contributed by atoms with van der Waals surface area (Å²) in [4.78, 5) is 9.54. The maximum Gasteiger partial charge on any atom is 0.191 e. The number of guanidine groups is 1. The predicted molar refractivity (Wildman–Crippen MR) is 116 cm³/mol. The lowest BCUT2D eigenvalue weighted by molar-refractivity contribution is 0.181. The minimum atomic E-state index is 0.275. The van der Waals surface area contributed by atoms with Crippen LogP contribution in [0.5, 0.6) is 0 Å². The van der Waals surface area contributed by atoms with Crippen molar-refractivity contribution in [2.45, 2.75) is 51.5 Å². The highest BCUT2D eigenvalue weighted by atomic mass is 16.3. The van der Waals surface area contributed by atoms with Gasteiger partial charge in [-0.1, -0.05) is 6.92 Å². The number of aliphatic imine (C=N–C) groups is 1. The fourth-order valence-corrected chi connectivity index (χ4v) is 4.51. The van der Waals surface area contributed by atoms with Gasteiger partial charge in [0, 0.05) is 26.7 Å². The monoisotopic (exact) mass is 389 g/mol. The molecule has 2 unspecified atom stereocenters. The predicted octanol–water partition coefficient (Wildman–Crippen LogP) is 3.09. The van der Waals surface area contributed by atoms with E-state index in [1.54, 1.807) is 6.26 Å². The zero-order chi connectivity index (χ0) is 19.6. The average molecular weight is 390 g/mol. The topological polar surface area (TPSA) is 56.0 Å². The molecule has 0 saturated carbocycles. The molecule has 6 nitrogen and oxygen atoms in total. The third kappa shape index (κ3) is 6.52. The largest absolute Gasteiger partial charge is 0.468 e. The Labute approximate surface area is 170 Å². The first-order valence-corrected chi connectivity index (χ1v) is 11.2. The highest BCUT2D eigenvalue weighted by Crippen LogP contribution is 2.24. The van der Waals surface area contributed by atoms with E-state index in [0.29, 0.717) is 0 Å². The van der Waals surface area contributed by atoms with Crippen LogP contribution in [0, 0.1) is 5.92 Å². The van der Waals surface area contributed by atoms with Crippen molar-refractivity contribution in [1.29, 1.82) is 0 Å². The van der Waals surface area contributed by atoms with Gasteiger partial charge in [-0.3, -0.25) is 9.89 Å². The van der Waals surface area contributed by atoms with Gasteiger partial charge < -0.3 is 20.0 Å². The van der Waals surface area contributed by atoms with E-state index in [1.165, 1.54) is 58.2 Å². The van der Waals surface area contributed by atoms with E-state index >= 15 is 0 Å². The normalized spacial score (nSPS) is 23.1. The molecule has 2 atom stereocenters. The van der Waals surface area contributed by atoms with Crippen molar-refractivity contribution in [3.05, 3.63) is 24.2 Å². The second kappa shape index (κ2) is 11.5. The van der Waals surface area contributed by atoms with Gasteiger partial charge in [-0.2, -0.15) is 0 Å². The Morgan fingerprint density at radius 1 is 1.21 bits per heavy atom. The van der Waals surface area contributed by atoms with E-state index in [1.807, 2.05) is 13.1 Å². The van der Waals surface area contributed by atoms with Gasteiger partial charge in [0.2, 0.25) is 0 Å². The van der Waals surface area contributed by atoms with Gasteiger partial charge in [-0.25, -0.2) is 0 Å². The number of hydrogen-bond donors (Lipinski definition) is 2. The molecule has 0 spiro atoms. The number of nitrogens with zero attached hydrogens (tertiary/aromatic N) is 3. The first-order valence-electron chi connectivity index (χ1n) is 11.2. The van der Waals surface area contributed by atoms with Gasteiger partial charge in [0.25, 0.3) is 0 Å². The molecule has 2 N–H and O–H groups in total. The Hall–Kier alpha value is -1.53. The molecule has 6 heteroatoms. The average Bonchev–Trinajstić information content (AvgIpc) is 3.41. The molecule has 0 aromatic carbocycles. The molecule has 3 rings (SSSR count). The van der Waals surface area contributed by atoms with Crippen LogP contribution in [0.15, 0.2) is 27.8 Å². The number of likely N-dealkylation sites (tertiary alicyclic amines) is 2. The minimum absolute atomic E-state index is 0.275. The molecule has 28 heavy (non-hydrogen) atoms. The van der Waals surface area contributed by atoms with E-state index in [2.05, 4.69) is 38.4 Å². The maximum absolute atomic E-state index is 5.71. The molecule has 2 saturated heterocycles. The lowest BCUT2D eigenvalue weighted by Gasteiger charge is -2.30. The quantitative estimate of drug-likeness (QED) is 0.386. The lowest BCUT2D eigenvalue weighted by atomic mass is 10.0. The Kier molecular flexibility index (Phi) is 8.68. The molecule has 2 aliphatic heterocycles. The van der Waals surface area contributed by atoms with Crippen LogP contribution in [0.25, 0.3) is 0 Å². The van der Waals surface area contributed by atoms with Crippen LogP contribution in [0.1, 0.15) is 57.3 Å². The molecule has 158 valence electrons. The smallest absolute Gasteiger partial charge is 0.191 e. The Balaban J connectivity index is 1.35. The molecule has 2 aliphatic rings. The number of piperidine rings is 1. The standard InChI is InChI=1S/C22H39N5O/c1-19-9-7-13-26(18-19)12-4-3-11-24-22(23-2)25-17-20(21-10-8-16-28-21)27-14-5-6-15-27/h8,10,16,19-20H,3-7,9,11-15,17-18H2,1-2H3,(H2,23,24,25). The highest BCUT2D eigenvalue weighted by molar-refractivity contribution is 5.79. The molecule has 1 aromatic heterocycles. The van der Waals surface area contributed by atoms with Crippen LogP contribution < -0.4 is 10.6 Å². The maximum atomic E-state index is 5.71. The molecule has 0 bridgehead atoms. The third-order valence-corrected chi connectivity index (χ3v) is 6.07. The van der Waals surface area contributed by atoms with E-state index in [4.69, 9.17) is 4.42 Å². The Bertz CT molecular complexity index is 567. The number of rotatable bonds is 9. The molecule has 1 aromatic rings. The molecular weight excluding hydrogens is 350 g/mol. The molecule has 3 heterocycles. The van der Waals surface area contributed by atoms with Crippen molar-refractivity contribution >= 4 is 5.96 Å². The highest BCUT2D eigenvalue weighted by Gasteiger charge is 2.25. The van der Waals surface area contributed by atoms with E-state index < -0.39 is 0 Å². The van der Waals surface area contributed by atoms with Crippen molar-refractivity contribution in [2.24, 2.45) is 10.9 Å². The molecular formula is C22H39N5O. The summed E-state index contributed by atoms with van der Waals surface area (Å²) >= 11 is 0. The van der Waals surface area contributed by atoms with Crippen LogP contribution in [0.4, 0.5) is 0 Å². The van der Waals surface area contributed by atoms with Gasteiger partial charge in [0.15, 0.2) is 5.96 Å². The second-order valence-corrected chi connectivity index (χ2v) is 8.41. The fraction of sp³-hybridized carbons (Fsp3) is 0.773. The van der Waals surface area contributed by atoms with Crippen molar-refractivity contribution in [2.75, 3.05) is 52.9 Å². The lowest BCUT2D eigenvalue weighted by Crippen LogP contribution is -2.43. The van der Waals surface area contributed by atoms with Crippen LogP contribution in [0.2, 0.25) is 0 Å². The summed E-state index contributed by atoms with van der Waals surface area (Å²) in [6.07, 6.45) is 9.52. The zero-order valence-electron chi connectivity index (χ0n) is 17.8. The van der Waals surface area contributed by atoms with Gasteiger partial charge in [0.05, 0.1) is 12.3 Å². The Morgan fingerprint density at radius 3 is 2.79 bits per heavy atom. The first-order chi connectivity index (χ1) is 13.8. The SMILES string of the molecule is CN=C(NCCCCN1CCCC(C)C1)NCC(c1ccco1)N1CCCC1. The third-order valence-electron chi connectivity index (χ3n) is 6.07. The number of unbranched alkanes of at least 4 members (excludes halogenated alkanes) is 1. The summed E-state index contributed by atoms with van der Waals surface area (Å²) in [5.41, 5.74) is 0. The molecule has 0 radical (unpaired) electrons. The summed E-state index contributed by atoms with van der Waals surface area (Å²) in [6.45, 7) is 10.3. The molecule has 2 fully saturated rings. The van der Waals surface area contributed by atoms with Crippen LogP contribution in [-0.4, -0.2) is 68.6 Å². The van der Waals surface area contributed by atoms with Crippen LogP contribution >= 0.6 is 0 Å². The molecule has 0 aliphatic carbocycles. The van der Waals surface area contributed by atoms with E-state index in [9.17, 15) is 0 Å². The van der Waals surface area contributed by atoms with Gasteiger partial charge in [-0.15, -0.1) is 0 Å². The summed E-state index contributed by atoms with van der Waals surface area (Å²) in [5.74, 6) is 2.80. The minimum Gasteiger partial charge on any atom is -0.468 e. The van der Waals surface area contributed by atoms with Crippen molar-refractivity contribution < 1.29 is 4.42 Å². The summed E-state index contributed by atoms with van der Waals surface area (Å²) < 4.78 is 5.71. The van der Waals surface area contributed by atoms with Crippen molar-refractivity contribution in [3.8, 4) is 0 Å². The zero-order valence-corrected chi connectivity index (χ0v) is 17.8. The number of furan rings is 1. The van der Waals surface area contributed by atoms with Crippen LogP contribution in [-0.2, 0) is 0 Å². The first kappa shape index (κ1) is 21.2. The number of hydrogen-bond acceptors (Lipinski definition) is 4. The molecule has 0 amide bonds. The van der Waals surface area contributed by atoms with E-state index in [-0.39, 0.29) is 6.04 Å².